The summed E-state index contributed by atoms with van der Waals surface area (Å²) in [5, 5.41) is 2.98. The molecule has 0 aliphatic heterocycles. The molecule has 0 bridgehead atoms. The molecule has 0 atom stereocenters. The van der Waals surface area contributed by atoms with Gasteiger partial charge in [-0.25, -0.2) is 14.4 Å². The number of hydrogen-bond donors (Lipinski definition) is 2. The summed E-state index contributed by atoms with van der Waals surface area (Å²) in [6, 6.07) is 7.69. The number of halogens is 2. The molecular formula is C18H11ClFN5OS. The van der Waals surface area contributed by atoms with Gasteiger partial charge in [-0.3, -0.25) is 9.78 Å². The fraction of sp³-hybridized carbons (Fsp3) is 0. The highest BCUT2D eigenvalue weighted by atomic mass is 35.5. The first-order chi connectivity index (χ1) is 13.0. The molecule has 0 saturated carbocycles. The lowest BCUT2D eigenvalue weighted by molar-refractivity contribution is 0.102. The number of thiazole rings is 1. The summed E-state index contributed by atoms with van der Waals surface area (Å²) in [4.78, 5) is 24.9. The van der Waals surface area contributed by atoms with E-state index in [1.807, 2.05) is 6.07 Å². The molecule has 2 aromatic carbocycles. The monoisotopic (exact) mass is 399 g/mol. The summed E-state index contributed by atoms with van der Waals surface area (Å²) in [5.41, 5.74) is 9.28. The van der Waals surface area contributed by atoms with Crippen LogP contribution in [0.4, 0.5) is 15.9 Å². The predicted molar refractivity (Wildman–Crippen MR) is 104 cm³/mol. The Balaban J connectivity index is 1.60. The molecule has 3 N–H and O–H groups in total. The van der Waals surface area contributed by atoms with Crippen molar-refractivity contribution in [1.29, 1.82) is 0 Å². The van der Waals surface area contributed by atoms with Crippen LogP contribution in [0.3, 0.4) is 0 Å². The van der Waals surface area contributed by atoms with Crippen LogP contribution in [0, 0.1) is 5.82 Å². The molecule has 27 heavy (non-hydrogen) atoms. The smallest absolute Gasteiger partial charge is 0.261 e. The highest BCUT2D eigenvalue weighted by Crippen LogP contribution is 2.32. The summed E-state index contributed by atoms with van der Waals surface area (Å²) in [7, 11) is 0. The maximum atomic E-state index is 13.8. The lowest BCUT2D eigenvalue weighted by Gasteiger charge is -2.08. The zero-order chi connectivity index (χ0) is 19.0. The van der Waals surface area contributed by atoms with E-state index in [-0.39, 0.29) is 17.1 Å². The van der Waals surface area contributed by atoms with E-state index >= 15 is 0 Å². The number of carbonyl (C=O) groups is 1. The van der Waals surface area contributed by atoms with Gasteiger partial charge in [-0.15, -0.1) is 11.3 Å². The molecule has 0 radical (unpaired) electrons. The van der Waals surface area contributed by atoms with Gasteiger partial charge < -0.3 is 11.1 Å². The van der Waals surface area contributed by atoms with Crippen molar-refractivity contribution in [3.05, 3.63) is 64.6 Å². The number of aromatic nitrogens is 3. The van der Waals surface area contributed by atoms with E-state index in [0.717, 1.165) is 16.3 Å². The zero-order valence-electron chi connectivity index (χ0n) is 13.6. The van der Waals surface area contributed by atoms with Crippen LogP contribution in [0.5, 0.6) is 0 Å². The largest absolute Gasteiger partial charge is 0.398 e. The second-order valence-corrected chi connectivity index (χ2v) is 6.89. The van der Waals surface area contributed by atoms with Gasteiger partial charge in [0.2, 0.25) is 0 Å². The van der Waals surface area contributed by atoms with Crippen molar-refractivity contribution in [2.45, 2.75) is 0 Å². The van der Waals surface area contributed by atoms with Crippen molar-refractivity contribution in [3.63, 3.8) is 0 Å². The van der Waals surface area contributed by atoms with Crippen molar-refractivity contribution < 1.29 is 9.18 Å². The second kappa shape index (κ2) is 6.90. The minimum absolute atomic E-state index is 0.0433. The van der Waals surface area contributed by atoms with Gasteiger partial charge in [0.25, 0.3) is 5.91 Å². The Kier molecular flexibility index (Phi) is 4.43. The summed E-state index contributed by atoms with van der Waals surface area (Å²) in [5.74, 6) is -1.24. The lowest BCUT2D eigenvalue weighted by atomic mass is 10.1. The zero-order valence-corrected chi connectivity index (χ0v) is 15.2. The lowest BCUT2D eigenvalue weighted by Crippen LogP contribution is -2.17. The second-order valence-electron chi connectivity index (χ2n) is 5.60. The van der Waals surface area contributed by atoms with Gasteiger partial charge >= 0.3 is 0 Å². The molecule has 0 spiro atoms. The van der Waals surface area contributed by atoms with Crippen LogP contribution in [0.1, 0.15) is 10.4 Å². The van der Waals surface area contributed by atoms with Gasteiger partial charge in [0, 0.05) is 11.3 Å². The minimum atomic E-state index is -0.707. The van der Waals surface area contributed by atoms with Crippen molar-refractivity contribution in [3.8, 4) is 11.3 Å². The summed E-state index contributed by atoms with van der Waals surface area (Å²) < 4.78 is 14.8. The third kappa shape index (κ3) is 3.32. The Bertz CT molecular complexity index is 1140. The third-order valence-electron chi connectivity index (χ3n) is 3.86. The number of benzene rings is 2. The number of anilines is 2. The number of nitrogens with one attached hydrogen (secondary N) is 1. The first-order valence-corrected chi connectivity index (χ1v) is 8.99. The minimum Gasteiger partial charge on any atom is -0.398 e. The number of nitrogen functional groups attached to an aromatic ring is 1. The molecule has 2 heterocycles. The van der Waals surface area contributed by atoms with E-state index in [1.54, 1.807) is 11.6 Å². The summed E-state index contributed by atoms with van der Waals surface area (Å²) >= 11 is 7.80. The van der Waals surface area contributed by atoms with Crippen LogP contribution >= 0.6 is 22.9 Å². The maximum Gasteiger partial charge on any atom is 0.261 e. The summed E-state index contributed by atoms with van der Waals surface area (Å²) in [6.45, 7) is 0. The molecule has 4 rings (SSSR count). The molecular weight excluding hydrogens is 389 g/mol. The van der Waals surface area contributed by atoms with Crippen molar-refractivity contribution >= 4 is 50.6 Å². The van der Waals surface area contributed by atoms with E-state index in [9.17, 15) is 9.18 Å². The molecule has 0 aliphatic carbocycles. The number of rotatable bonds is 3. The van der Waals surface area contributed by atoms with Gasteiger partial charge in [0.05, 0.1) is 44.4 Å². The predicted octanol–water partition coefficient (Wildman–Crippen LogP) is 4.38. The third-order valence-corrected chi connectivity index (χ3v) is 4.97. The molecule has 0 saturated heterocycles. The average molecular weight is 400 g/mol. The number of amides is 1. The standard InChI is InChI=1S/C18H11ClFN5OS/c19-10-5-13-15(27-8-24-13)4-9(10)14-6-23-16(7-22-14)25-18(26)17-11(20)2-1-3-12(17)21/h1-8H,21H2,(H,23,25,26). The first kappa shape index (κ1) is 17.3. The van der Waals surface area contributed by atoms with Crippen LogP contribution in [0.15, 0.2) is 48.2 Å². The van der Waals surface area contributed by atoms with Crippen LogP contribution < -0.4 is 11.1 Å². The van der Waals surface area contributed by atoms with Gasteiger partial charge in [-0.1, -0.05) is 17.7 Å². The van der Waals surface area contributed by atoms with E-state index in [4.69, 9.17) is 17.3 Å². The van der Waals surface area contributed by atoms with E-state index in [1.165, 1.54) is 35.9 Å². The molecule has 6 nitrogen and oxygen atoms in total. The van der Waals surface area contributed by atoms with Crippen molar-refractivity contribution in [2.24, 2.45) is 0 Å². The van der Waals surface area contributed by atoms with Gasteiger partial charge in [0.15, 0.2) is 5.82 Å². The topological polar surface area (TPSA) is 93.8 Å². The molecule has 0 unspecified atom stereocenters. The van der Waals surface area contributed by atoms with Crippen molar-refractivity contribution in [2.75, 3.05) is 11.1 Å². The highest BCUT2D eigenvalue weighted by molar-refractivity contribution is 7.16. The van der Waals surface area contributed by atoms with Crippen LogP contribution in [-0.2, 0) is 0 Å². The Morgan fingerprint density at radius 1 is 1.19 bits per heavy atom. The Morgan fingerprint density at radius 3 is 2.78 bits per heavy atom. The first-order valence-electron chi connectivity index (χ1n) is 7.73. The number of nitrogens with two attached hydrogens (primary N) is 1. The molecule has 134 valence electrons. The molecule has 1 amide bonds. The van der Waals surface area contributed by atoms with Crippen molar-refractivity contribution in [1.82, 2.24) is 15.0 Å². The van der Waals surface area contributed by atoms with Crippen LogP contribution in [0.2, 0.25) is 5.02 Å². The van der Waals surface area contributed by atoms with Gasteiger partial charge in [-0.05, 0) is 24.3 Å². The maximum absolute atomic E-state index is 13.8. The average Bonchev–Trinajstić information content (AvgIpc) is 3.09. The van der Waals surface area contributed by atoms with Gasteiger partial charge in [0.1, 0.15) is 5.82 Å². The Morgan fingerprint density at radius 2 is 2.04 bits per heavy atom. The quantitative estimate of drug-likeness (QED) is 0.498. The fourth-order valence-electron chi connectivity index (χ4n) is 2.57. The molecule has 2 aromatic heterocycles. The fourth-order valence-corrected chi connectivity index (χ4v) is 3.52. The SMILES string of the molecule is Nc1cccc(F)c1C(=O)Nc1cnc(-c2cc3scnc3cc2Cl)cn1. The van der Waals surface area contributed by atoms with Gasteiger partial charge in [-0.2, -0.15) is 0 Å². The van der Waals surface area contributed by atoms with E-state index in [2.05, 4.69) is 20.3 Å². The molecule has 0 aliphatic rings. The Hall–Kier alpha value is -3.10. The van der Waals surface area contributed by atoms with E-state index in [0.29, 0.717) is 16.3 Å². The molecule has 4 aromatic rings. The van der Waals surface area contributed by atoms with E-state index < -0.39 is 11.7 Å². The number of hydrogen-bond acceptors (Lipinski definition) is 6. The summed E-state index contributed by atoms with van der Waals surface area (Å²) in [6.07, 6.45) is 2.85. The normalized spacial score (nSPS) is 10.9. The Labute approximate surface area is 161 Å². The van der Waals surface area contributed by atoms with Crippen LogP contribution in [-0.4, -0.2) is 20.9 Å². The highest BCUT2D eigenvalue weighted by Gasteiger charge is 2.16. The molecule has 9 heteroatoms. The number of nitrogens with zero attached hydrogens (tertiary/aromatic N) is 3. The molecule has 0 fully saturated rings. The van der Waals surface area contributed by atoms with Crippen LogP contribution in [0.25, 0.3) is 21.5 Å². The number of fused-ring (bicyclic) bond motifs is 1. The number of carbonyl (C=O) groups excluding carboxylic acids is 1.